The Morgan fingerprint density at radius 3 is 1.44 bits per heavy atom. The third-order valence-electron chi connectivity index (χ3n) is 5.61. The topological polar surface area (TPSA) is 60.4 Å². The Labute approximate surface area is 195 Å². The predicted octanol–water partition coefficient (Wildman–Crippen LogP) is 5.38. The molecule has 36 heavy (non-hydrogen) atoms. The molecule has 0 aromatic carbocycles. The summed E-state index contributed by atoms with van der Waals surface area (Å²) in [6.07, 6.45) is -35.9. The lowest BCUT2D eigenvalue weighted by Crippen LogP contribution is -2.57. The van der Waals surface area contributed by atoms with Crippen LogP contribution in [0.3, 0.4) is 0 Å². The van der Waals surface area contributed by atoms with Crippen molar-refractivity contribution >= 4 is 10.0 Å². The van der Waals surface area contributed by atoms with Crippen LogP contribution >= 0.6 is 0 Å². The Morgan fingerprint density at radius 2 is 1.14 bits per heavy atom. The van der Waals surface area contributed by atoms with Gasteiger partial charge in [-0.2, -0.15) is 57.0 Å². The van der Waals surface area contributed by atoms with Crippen molar-refractivity contribution in [1.29, 1.82) is 0 Å². The van der Waals surface area contributed by atoms with Crippen molar-refractivity contribution in [2.24, 2.45) is 5.92 Å². The molecule has 1 atom stereocenters. The lowest BCUT2D eigenvalue weighted by Gasteiger charge is -2.45. The normalized spacial score (nSPS) is 22.4. The first-order chi connectivity index (χ1) is 15.6. The summed E-state index contributed by atoms with van der Waals surface area (Å²) in [7, 11) is -3.87. The average molecular weight is 586 g/mol. The number of sulfonamides is 1. The minimum atomic E-state index is -6.91. The standard InChI is InChI=1S/C16H20F14N2O3S/c1-32(33)5-2-4-31(9-32)36(34,35)6-3-10(7-11(17,13(19,20)21)14(22,23)24)8-12(18,15(25,26)27)16(28,29)30/h10H,2-9H2,1H3. The van der Waals surface area contributed by atoms with Crippen molar-refractivity contribution in [1.82, 2.24) is 4.31 Å². The van der Waals surface area contributed by atoms with E-state index in [4.69, 9.17) is 0 Å². The van der Waals surface area contributed by atoms with Crippen LogP contribution in [0, 0.1) is 11.1 Å². The smallest absolute Gasteiger partial charge is 0.431 e. The molecule has 1 saturated heterocycles. The quantitative estimate of drug-likeness (QED) is 0.218. The van der Waals surface area contributed by atoms with Gasteiger partial charge in [0, 0.05) is 25.8 Å². The first-order valence-electron chi connectivity index (χ1n) is 9.78. The summed E-state index contributed by atoms with van der Waals surface area (Å²) in [6, 6.07) is 0. The van der Waals surface area contributed by atoms with E-state index in [1.54, 1.807) is 0 Å². The summed E-state index contributed by atoms with van der Waals surface area (Å²) in [5, 5.41) is 12.0. The Kier molecular flexibility index (Phi) is 9.01. The second kappa shape index (κ2) is 9.87. The van der Waals surface area contributed by atoms with Gasteiger partial charge in [-0.3, -0.25) is 0 Å². The first-order valence-corrected chi connectivity index (χ1v) is 11.4. The van der Waals surface area contributed by atoms with E-state index in [1.165, 1.54) is 0 Å². The molecule has 0 bridgehead atoms. The van der Waals surface area contributed by atoms with Crippen molar-refractivity contribution in [2.75, 3.05) is 32.6 Å². The number of hydrogen-bond donors (Lipinski definition) is 0. The summed E-state index contributed by atoms with van der Waals surface area (Å²) < 4.78 is 207. The van der Waals surface area contributed by atoms with E-state index in [1.807, 2.05) is 0 Å². The summed E-state index contributed by atoms with van der Waals surface area (Å²) in [5.74, 6) is -5.06. The highest BCUT2D eigenvalue weighted by atomic mass is 32.2. The molecule has 1 aliphatic heterocycles. The van der Waals surface area contributed by atoms with Crippen molar-refractivity contribution in [3.63, 3.8) is 0 Å². The average Bonchev–Trinajstić information content (AvgIpc) is 2.61. The summed E-state index contributed by atoms with van der Waals surface area (Å²) >= 11 is 0. The monoisotopic (exact) mass is 586 g/mol. The van der Waals surface area contributed by atoms with Gasteiger partial charge >= 0.3 is 24.7 Å². The maximum Gasteiger partial charge on any atom is 0.431 e. The van der Waals surface area contributed by atoms with Crippen LogP contribution in [0.2, 0.25) is 0 Å². The van der Waals surface area contributed by atoms with Crippen molar-refractivity contribution in [2.45, 2.75) is 61.7 Å². The van der Waals surface area contributed by atoms with Gasteiger partial charge in [0.2, 0.25) is 10.0 Å². The zero-order valence-electron chi connectivity index (χ0n) is 18.1. The van der Waals surface area contributed by atoms with Crippen molar-refractivity contribution < 1.29 is 74.5 Å². The molecule has 1 rings (SSSR count). The summed E-state index contributed by atoms with van der Waals surface area (Å²) in [5.41, 5.74) is -12.8. The van der Waals surface area contributed by atoms with Crippen molar-refractivity contribution in [3.05, 3.63) is 5.21 Å². The SMILES string of the molecule is C[N+]1([O-])CCCN(S(=O)(=O)CCC(CC(F)(C(F)(F)F)C(F)(F)F)CC(F)(C(F)(F)F)C(F)(F)F)C1. The summed E-state index contributed by atoms with van der Waals surface area (Å²) in [4.78, 5) is 0. The van der Waals surface area contributed by atoms with E-state index < -0.39 is 94.9 Å². The van der Waals surface area contributed by atoms with Crippen LogP contribution in [0.5, 0.6) is 0 Å². The van der Waals surface area contributed by atoms with Crippen LogP contribution in [-0.4, -0.2) is 86.0 Å². The molecule has 216 valence electrons. The number of rotatable bonds is 8. The number of nitrogens with zero attached hydrogens (tertiary/aromatic N) is 2. The third kappa shape index (κ3) is 7.03. The molecule has 0 N–H and O–H groups in total. The highest BCUT2D eigenvalue weighted by Gasteiger charge is 2.75. The van der Waals surface area contributed by atoms with Crippen LogP contribution in [0.4, 0.5) is 61.5 Å². The number of hydrogen-bond acceptors (Lipinski definition) is 3. The molecule has 0 aliphatic carbocycles. The molecular weight excluding hydrogens is 566 g/mol. The van der Waals surface area contributed by atoms with Crippen LogP contribution in [-0.2, 0) is 10.0 Å². The second-order valence-electron chi connectivity index (χ2n) is 8.66. The van der Waals surface area contributed by atoms with Crippen LogP contribution in [0.1, 0.15) is 25.7 Å². The Balaban J connectivity index is 3.44. The van der Waals surface area contributed by atoms with Gasteiger partial charge in [0.1, 0.15) is 6.67 Å². The maximum absolute atomic E-state index is 14.2. The zero-order valence-corrected chi connectivity index (χ0v) is 18.9. The van der Waals surface area contributed by atoms with E-state index in [-0.39, 0.29) is 13.0 Å². The fourth-order valence-corrected chi connectivity index (χ4v) is 5.30. The van der Waals surface area contributed by atoms with E-state index in [9.17, 15) is 75.1 Å². The van der Waals surface area contributed by atoms with Gasteiger partial charge in [0.15, 0.2) is 0 Å². The highest BCUT2D eigenvalue weighted by molar-refractivity contribution is 7.89. The van der Waals surface area contributed by atoms with Gasteiger partial charge in [-0.15, -0.1) is 0 Å². The minimum Gasteiger partial charge on any atom is -0.632 e. The second-order valence-corrected chi connectivity index (χ2v) is 10.8. The van der Waals surface area contributed by atoms with Gasteiger partial charge in [-0.25, -0.2) is 17.2 Å². The molecule has 1 unspecified atom stereocenters. The first kappa shape index (κ1) is 32.9. The van der Waals surface area contributed by atoms with Gasteiger partial charge in [-0.1, -0.05) is 0 Å². The van der Waals surface area contributed by atoms with Gasteiger partial charge in [-0.05, 0) is 12.3 Å². The van der Waals surface area contributed by atoms with E-state index in [2.05, 4.69) is 0 Å². The number of alkyl halides is 14. The van der Waals surface area contributed by atoms with Gasteiger partial charge in [0.05, 0.1) is 19.3 Å². The molecule has 1 heterocycles. The van der Waals surface area contributed by atoms with Crippen LogP contribution in [0.25, 0.3) is 0 Å². The lowest BCUT2D eigenvalue weighted by molar-refractivity contribution is -0.874. The predicted molar refractivity (Wildman–Crippen MR) is 93.6 cm³/mol. The molecule has 0 aromatic heterocycles. The summed E-state index contributed by atoms with van der Waals surface area (Å²) in [6.45, 7) is -1.35. The third-order valence-corrected chi connectivity index (χ3v) is 7.45. The Hall–Kier alpha value is -1.15. The minimum absolute atomic E-state index is 0.0892. The molecule has 0 spiro atoms. The molecule has 1 fully saturated rings. The van der Waals surface area contributed by atoms with E-state index in [0.717, 1.165) is 7.05 Å². The van der Waals surface area contributed by atoms with Gasteiger partial charge < -0.3 is 9.85 Å². The fourth-order valence-electron chi connectivity index (χ4n) is 3.58. The largest absolute Gasteiger partial charge is 0.632 e. The highest BCUT2D eigenvalue weighted by Crippen LogP contribution is 2.54. The van der Waals surface area contributed by atoms with E-state index in [0.29, 0.717) is 4.31 Å². The lowest BCUT2D eigenvalue weighted by atomic mass is 9.81. The van der Waals surface area contributed by atoms with Crippen LogP contribution < -0.4 is 0 Å². The van der Waals surface area contributed by atoms with Gasteiger partial charge in [0.25, 0.3) is 11.3 Å². The molecule has 5 nitrogen and oxygen atoms in total. The van der Waals surface area contributed by atoms with Crippen molar-refractivity contribution in [3.8, 4) is 0 Å². The molecule has 1 aliphatic rings. The molecule has 0 saturated carbocycles. The number of hydroxylamine groups is 3. The molecule has 20 heteroatoms. The maximum atomic E-state index is 14.2. The molecule has 0 radical (unpaired) electrons. The van der Waals surface area contributed by atoms with E-state index >= 15 is 0 Å². The molecular formula is C16H20F14N2O3S. The molecule has 0 aromatic rings. The molecule has 0 amide bonds. The number of quaternary nitrogens is 1. The Bertz CT molecular complexity index is 795. The zero-order chi connectivity index (χ0) is 28.8. The van der Waals surface area contributed by atoms with Crippen LogP contribution in [0.15, 0.2) is 0 Å². The number of halogens is 14. The fraction of sp³-hybridized carbons (Fsp3) is 1.00. The Morgan fingerprint density at radius 1 is 0.778 bits per heavy atom.